The van der Waals surface area contributed by atoms with Crippen molar-refractivity contribution in [3.63, 3.8) is 0 Å². The highest BCUT2D eigenvalue weighted by atomic mass is 27.3. The molecule has 384 valence electrons. The molecule has 0 aromatic rings. The molecule has 0 unspecified atom stereocenters. The molecule has 0 aliphatic carbocycles. The Bertz CT molecular complexity index is 559. The predicted octanol–water partition coefficient (Wildman–Crippen LogP) is 13.7. The Kier molecular flexibility index (Phi) is 77.7. The molecule has 0 rings (SSSR count). The Morgan fingerprint density at radius 1 is 0.156 bits per heavy atom. The van der Waals surface area contributed by atoms with Gasteiger partial charge in [-0.3, -0.25) is 0 Å². The summed E-state index contributed by atoms with van der Waals surface area (Å²) in [5.74, 6) is 0. The second-order valence-corrected chi connectivity index (χ2v) is 22.2. The zero-order valence-corrected chi connectivity index (χ0v) is 49.3. The average Bonchev–Trinajstić information content (AvgIpc) is 3.30. The minimum Gasteiger partial charge on any atom is -0.454 e. The lowest BCUT2D eigenvalue weighted by Crippen LogP contribution is -2.28. The molecule has 0 fully saturated rings. The van der Waals surface area contributed by atoms with Crippen LogP contribution in [0.25, 0.3) is 0 Å². The molecule has 64 heavy (non-hydrogen) atoms. The maximum atomic E-state index is 5.67. The molecule has 0 amide bonds. The maximum Gasteiger partial charge on any atom is 0.905 e. The first-order chi connectivity index (χ1) is 31.4. The van der Waals surface area contributed by atoms with E-state index in [1.807, 2.05) is 0 Å². The van der Waals surface area contributed by atoms with Crippen LogP contribution in [0.1, 0.15) is 237 Å². The summed E-state index contributed by atoms with van der Waals surface area (Å²) in [7, 11) is 0. The summed E-state index contributed by atoms with van der Waals surface area (Å²) in [6.07, 6.45) is 27.0. The SMILES string of the molecule is CCCC[O][Al]([O]CCCC)[O]CCCC.CCCC[O][Al]([O]CCCC)[O]CCCC.CCCC[O][Al]([O]CCCC)[O]CCCC.CCCC[O][Al]([O]CCCC)[O]CCCC. The van der Waals surface area contributed by atoms with Gasteiger partial charge in [0.2, 0.25) is 0 Å². The summed E-state index contributed by atoms with van der Waals surface area (Å²) < 4.78 is 68.0. The Hall–Kier alpha value is 1.65. The molecule has 0 bridgehead atoms. The van der Waals surface area contributed by atoms with Gasteiger partial charge in [-0.2, -0.15) is 0 Å². The molecule has 0 heterocycles. The molecule has 16 heteroatoms. The Morgan fingerprint density at radius 3 is 0.297 bits per heavy atom. The van der Waals surface area contributed by atoms with Crippen molar-refractivity contribution in [2.75, 3.05) is 79.3 Å². The second kappa shape index (κ2) is 68.9. The van der Waals surface area contributed by atoms with Gasteiger partial charge in [-0.25, -0.2) is 0 Å². The van der Waals surface area contributed by atoms with Gasteiger partial charge >= 0.3 is 60.6 Å². The Morgan fingerprint density at radius 2 is 0.234 bits per heavy atom. The maximum absolute atomic E-state index is 5.67. The van der Waals surface area contributed by atoms with E-state index in [-0.39, 0.29) is 0 Å². The summed E-state index contributed by atoms with van der Waals surface area (Å²) in [6, 6.07) is 0. The first kappa shape index (κ1) is 72.2. The van der Waals surface area contributed by atoms with Crippen molar-refractivity contribution in [3.8, 4) is 0 Å². The average molecular weight is 985 g/mol. The number of rotatable bonds is 48. The monoisotopic (exact) mass is 985 g/mol. The third-order valence-corrected chi connectivity index (χ3v) is 15.1. The fraction of sp³-hybridized carbons (Fsp3) is 1.00. The van der Waals surface area contributed by atoms with Gasteiger partial charge in [0.1, 0.15) is 0 Å². The lowest BCUT2D eigenvalue weighted by molar-refractivity contribution is 0.0893. The van der Waals surface area contributed by atoms with Crippen LogP contribution in [0.15, 0.2) is 0 Å². The molecule has 0 aromatic heterocycles. The van der Waals surface area contributed by atoms with Gasteiger partial charge in [-0.1, -0.05) is 160 Å². The molecule has 0 aromatic carbocycles. The van der Waals surface area contributed by atoms with Crippen LogP contribution in [-0.2, 0) is 45.5 Å². The molecule has 0 atom stereocenters. The van der Waals surface area contributed by atoms with E-state index >= 15 is 0 Å². The highest BCUT2D eigenvalue weighted by molar-refractivity contribution is 6.37. The van der Waals surface area contributed by atoms with Crippen LogP contribution in [0.4, 0.5) is 0 Å². The Labute approximate surface area is 419 Å². The van der Waals surface area contributed by atoms with E-state index in [1.54, 1.807) is 0 Å². The number of hydrogen-bond donors (Lipinski definition) is 0. The minimum atomic E-state index is -1.83. The standard InChI is InChI=1S/12C4H9O.4Al/c12*1-2-3-4-5;;;;/h12*2-4H2,1H3;;;;/q12*-1;4*+3. The summed E-state index contributed by atoms with van der Waals surface area (Å²) in [4.78, 5) is 0. The second-order valence-electron chi connectivity index (χ2n) is 15.8. The van der Waals surface area contributed by atoms with Gasteiger partial charge < -0.3 is 45.5 Å². The number of unbranched alkanes of at least 4 members (excludes halogenated alkanes) is 12. The number of hydrogen-bond acceptors (Lipinski definition) is 12. The third kappa shape index (κ3) is 65.7. The van der Waals surface area contributed by atoms with Crippen molar-refractivity contribution in [3.05, 3.63) is 0 Å². The van der Waals surface area contributed by atoms with Gasteiger partial charge in [0.25, 0.3) is 0 Å². The van der Waals surface area contributed by atoms with E-state index in [0.29, 0.717) is 0 Å². The smallest absolute Gasteiger partial charge is 0.454 e. The molecule has 0 aliphatic rings. The topological polar surface area (TPSA) is 111 Å². The van der Waals surface area contributed by atoms with Crippen LogP contribution in [0.5, 0.6) is 0 Å². The largest absolute Gasteiger partial charge is 0.905 e. The zero-order chi connectivity index (χ0) is 48.3. The van der Waals surface area contributed by atoms with Crippen LogP contribution in [-0.4, -0.2) is 140 Å². The minimum absolute atomic E-state index is 0.783. The van der Waals surface area contributed by atoms with Gasteiger partial charge in [0.05, 0.1) is 0 Å². The summed E-state index contributed by atoms with van der Waals surface area (Å²) in [5.41, 5.74) is 0. The normalized spacial score (nSPS) is 10.7. The highest BCUT2D eigenvalue weighted by Crippen LogP contribution is 2.04. The fourth-order valence-corrected chi connectivity index (χ4v) is 9.93. The zero-order valence-electron chi connectivity index (χ0n) is 44.7. The van der Waals surface area contributed by atoms with Crippen molar-refractivity contribution in [1.29, 1.82) is 0 Å². The van der Waals surface area contributed by atoms with Gasteiger partial charge in [0.15, 0.2) is 0 Å². The fourth-order valence-electron chi connectivity index (χ4n) is 4.46. The van der Waals surface area contributed by atoms with E-state index in [4.69, 9.17) is 45.5 Å². The molecule has 0 spiro atoms. The lowest BCUT2D eigenvalue weighted by Gasteiger charge is -2.13. The van der Waals surface area contributed by atoms with Crippen LogP contribution in [0, 0.1) is 0 Å². The van der Waals surface area contributed by atoms with E-state index in [2.05, 4.69) is 83.1 Å². The third-order valence-electron chi connectivity index (χ3n) is 9.02. The van der Waals surface area contributed by atoms with Crippen molar-refractivity contribution in [1.82, 2.24) is 0 Å². The molecule has 0 saturated carbocycles. The first-order valence-electron chi connectivity index (χ1n) is 26.8. The van der Waals surface area contributed by atoms with Crippen molar-refractivity contribution in [2.45, 2.75) is 237 Å². The van der Waals surface area contributed by atoms with E-state index in [1.165, 1.54) is 0 Å². The van der Waals surface area contributed by atoms with Crippen LogP contribution in [0.2, 0.25) is 0 Å². The van der Waals surface area contributed by atoms with E-state index in [0.717, 1.165) is 233 Å². The predicted molar refractivity (Wildman–Crippen MR) is 273 cm³/mol. The molecule has 0 radical (unpaired) electrons. The van der Waals surface area contributed by atoms with Crippen LogP contribution >= 0.6 is 0 Å². The quantitative estimate of drug-likeness (QED) is 0.0427. The molecule has 0 saturated heterocycles. The highest BCUT2D eigenvalue weighted by Gasteiger charge is 2.32. The van der Waals surface area contributed by atoms with Crippen LogP contribution in [0.3, 0.4) is 0 Å². The van der Waals surface area contributed by atoms with Gasteiger partial charge in [0, 0.05) is 79.3 Å². The van der Waals surface area contributed by atoms with E-state index in [9.17, 15) is 0 Å². The molecular formula is C48H108Al4O12. The first-order valence-corrected chi connectivity index (χ1v) is 32.4. The summed E-state index contributed by atoms with van der Waals surface area (Å²) >= 11 is -7.31. The molecular weight excluding hydrogens is 876 g/mol. The Balaban J connectivity index is -0.000000375. The van der Waals surface area contributed by atoms with Crippen LogP contribution < -0.4 is 0 Å². The van der Waals surface area contributed by atoms with Crippen molar-refractivity contribution in [2.24, 2.45) is 0 Å². The van der Waals surface area contributed by atoms with E-state index < -0.39 is 60.6 Å². The van der Waals surface area contributed by atoms with Crippen molar-refractivity contribution >= 4 is 60.6 Å². The molecule has 0 aliphatic heterocycles. The molecule has 0 N–H and O–H groups in total. The van der Waals surface area contributed by atoms with Gasteiger partial charge in [-0.15, -0.1) is 0 Å². The lowest BCUT2D eigenvalue weighted by atomic mass is 10.4. The molecule has 12 nitrogen and oxygen atoms in total. The summed E-state index contributed by atoms with van der Waals surface area (Å²) in [5, 5.41) is 0. The van der Waals surface area contributed by atoms with Crippen molar-refractivity contribution < 1.29 is 45.5 Å². The van der Waals surface area contributed by atoms with Gasteiger partial charge in [-0.05, 0) is 77.0 Å². The summed E-state index contributed by atoms with van der Waals surface area (Å²) in [6.45, 7) is 35.4.